The fourth-order valence-electron chi connectivity index (χ4n) is 3.41. The molecule has 0 radical (unpaired) electrons. The lowest BCUT2D eigenvalue weighted by Gasteiger charge is -2.31. The molecule has 1 rings (SSSR count). The molecular weight excluding hydrogens is 218 g/mol. The standard InChI is InChI=1S/C17H35N/c1-14(2)12-15(3)17(5)16(4)13-18-10-8-6-7-9-11-18/h14-17H,6-13H2,1-5H3. The van der Waals surface area contributed by atoms with Gasteiger partial charge in [0.25, 0.3) is 0 Å². The van der Waals surface area contributed by atoms with Crippen molar-refractivity contribution < 1.29 is 0 Å². The summed E-state index contributed by atoms with van der Waals surface area (Å²) in [6.45, 7) is 16.1. The topological polar surface area (TPSA) is 3.24 Å². The van der Waals surface area contributed by atoms with Crippen LogP contribution < -0.4 is 0 Å². The van der Waals surface area contributed by atoms with Crippen LogP contribution in [0.2, 0.25) is 0 Å². The molecule has 0 aromatic carbocycles. The lowest BCUT2D eigenvalue weighted by Crippen LogP contribution is -2.33. The summed E-state index contributed by atoms with van der Waals surface area (Å²) in [5.74, 6) is 3.41. The van der Waals surface area contributed by atoms with Crippen LogP contribution in [0.3, 0.4) is 0 Å². The van der Waals surface area contributed by atoms with Crippen LogP contribution in [0, 0.1) is 23.7 Å². The zero-order chi connectivity index (χ0) is 13.5. The maximum atomic E-state index is 2.72. The van der Waals surface area contributed by atoms with Gasteiger partial charge in [0.2, 0.25) is 0 Å². The summed E-state index contributed by atoms with van der Waals surface area (Å²) < 4.78 is 0. The van der Waals surface area contributed by atoms with Gasteiger partial charge in [0, 0.05) is 6.54 Å². The Morgan fingerprint density at radius 1 is 0.778 bits per heavy atom. The summed E-state index contributed by atoms with van der Waals surface area (Å²) in [5, 5.41) is 0. The quantitative estimate of drug-likeness (QED) is 0.656. The number of rotatable bonds is 6. The molecule has 1 heterocycles. The third-order valence-electron chi connectivity index (χ3n) is 4.88. The van der Waals surface area contributed by atoms with E-state index in [-0.39, 0.29) is 0 Å². The van der Waals surface area contributed by atoms with Crippen molar-refractivity contribution in [3.8, 4) is 0 Å². The summed E-state index contributed by atoms with van der Waals surface area (Å²) in [6, 6.07) is 0. The Balaban J connectivity index is 2.35. The van der Waals surface area contributed by atoms with Gasteiger partial charge in [0.1, 0.15) is 0 Å². The largest absolute Gasteiger partial charge is 0.303 e. The van der Waals surface area contributed by atoms with E-state index in [9.17, 15) is 0 Å². The Morgan fingerprint density at radius 2 is 1.33 bits per heavy atom. The number of hydrogen-bond acceptors (Lipinski definition) is 1. The van der Waals surface area contributed by atoms with E-state index in [0.717, 1.165) is 23.7 Å². The van der Waals surface area contributed by atoms with Gasteiger partial charge in [-0.05, 0) is 56.0 Å². The molecule has 3 atom stereocenters. The first-order chi connectivity index (χ1) is 8.50. The Kier molecular flexibility index (Phi) is 7.29. The minimum atomic E-state index is 0.841. The van der Waals surface area contributed by atoms with E-state index in [0.29, 0.717) is 0 Å². The van der Waals surface area contributed by atoms with Crippen molar-refractivity contribution in [3.63, 3.8) is 0 Å². The molecule has 1 fully saturated rings. The summed E-state index contributed by atoms with van der Waals surface area (Å²) in [4.78, 5) is 2.72. The number of nitrogens with zero attached hydrogens (tertiary/aromatic N) is 1. The van der Waals surface area contributed by atoms with Crippen LogP contribution in [0.4, 0.5) is 0 Å². The van der Waals surface area contributed by atoms with Gasteiger partial charge >= 0.3 is 0 Å². The molecule has 0 spiro atoms. The zero-order valence-corrected chi connectivity index (χ0v) is 13.4. The van der Waals surface area contributed by atoms with E-state index in [1.54, 1.807) is 0 Å². The highest BCUT2D eigenvalue weighted by atomic mass is 15.1. The van der Waals surface area contributed by atoms with Crippen molar-refractivity contribution in [2.75, 3.05) is 19.6 Å². The lowest BCUT2D eigenvalue weighted by atomic mass is 9.80. The fourth-order valence-corrected chi connectivity index (χ4v) is 3.41. The molecule has 1 heteroatoms. The molecule has 0 amide bonds. The Morgan fingerprint density at radius 3 is 1.83 bits per heavy atom. The van der Waals surface area contributed by atoms with Crippen LogP contribution in [-0.4, -0.2) is 24.5 Å². The molecule has 1 aliphatic heterocycles. The van der Waals surface area contributed by atoms with E-state index in [1.807, 2.05) is 0 Å². The summed E-state index contributed by atoms with van der Waals surface area (Å²) in [5.41, 5.74) is 0. The molecule has 0 aliphatic carbocycles. The van der Waals surface area contributed by atoms with Crippen molar-refractivity contribution in [2.24, 2.45) is 23.7 Å². The lowest BCUT2D eigenvalue weighted by molar-refractivity contribution is 0.171. The second kappa shape index (κ2) is 8.19. The summed E-state index contributed by atoms with van der Waals surface area (Å²) in [7, 11) is 0. The van der Waals surface area contributed by atoms with Crippen molar-refractivity contribution >= 4 is 0 Å². The highest BCUT2D eigenvalue weighted by molar-refractivity contribution is 4.74. The molecule has 108 valence electrons. The highest BCUT2D eigenvalue weighted by Crippen LogP contribution is 2.27. The predicted octanol–water partition coefficient (Wildman–Crippen LogP) is 4.82. The SMILES string of the molecule is CC(C)CC(C)C(C)C(C)CN1CCCCCC1. The number of likely N-dealkylation sites (tertiary alicyclic amines) is 1. The first kappa shape index (κ1) is 16.0. The molecular formula is C17H35N. The fraction of sp³-hybridized carbons (Fsp3) is 1.00. The monoisotopic (exact) mass is 253 g/mol. The van der Waals surface area contributed by atoms with Crippen molar-refractivity contribution in [2.45, 2.75) is 66.7 Å². The smallest absolute Gasteiger partial charge is 0.000966 e. The second-order valence-electron chi connectivity index (χ2n) is 7.16. The van der Waals surface area contributed by atoms with Crippen LogP contribution in [0.5, 0.6) is 0 Å². The van der Waals surface area contributed by atoms with E-state index in [1.165, 1.54) is 51.7 Å². The first-order valence-electron chi connectivity index (χ1n) is 8.23. The maximum Gasteiger partial charge on any atom is 0.000966 e. The maximum absolute atomic E-state index is 2.72. The van der Waals surface area contributed by atoms with Crippen molar-refractivity contribution in [1.29, 1.82) is 0 Å². The first-order valence-corrected chi connectivity index (χ1v) is 8.23. The van der Waals surface area contributed by atoms with Crippen LogP contribution in [0.15, 0.2) is 0 Å². The molecule has 0 N–H and O–H groups in total. The minimum Gasteiger partial charge on any atom is -0.303 e. The van der Waals surface area contributed by atoms with Crippen LogP contribution in [-0.2, 0) is 0 Å². The van der Waals surface area contributed by atoms with Gasteiger partial charge in [-0.3, -0.25) is 0 Å². The second-order valence-corrected chi connectivity index (χ2v) is 7.16. The summed E-state index contributed by atoms with van der Waals surface area (Å²) >= 11 is 0. The molecule has 1 aliphatic rings. The molecule has 0 aromatic rings. The zero-order valence-electron chi connectivity index (χ0n) is 13.4. The molecule has 18 heavy (non-hydrogen) atoms. The molecule has 1 saturated heterocycles. The Labute approximate surface area is 115 Å². The highest BCUT2D eigenvalue weighted by Gasteiger charge is 2.22. The van der Waals surface area contributed by atoms with Gasteiger partial charge in [-0.1, -0.05) is 47.5 Å². The third kappa shape index (κ3) is 5.73. The van der Waals surface area contributed by atoms with E-state index in [2.05, 4.69) is 39.5 Å². The Bertz CT molecular complexity index is 204. The average Bonchev–Trinajstić information content (AvgIpc) is 2.55. The molecule has 0 saturated carbocycles. The molecule has 0 aromatic heterocycles. The van der Waals surface area contributed by atoms with Crippen LogP contribution in [0.25, 0.3) is 0 Å². The molecule has 3 unspecified atom stereocenters. The van der Waals surface area contributed by atoms with Gasteiger partial charge < -0.3 is 4.90 Å². The van der Waals surface area contributed by atoms with Gasteiger partial charge in [-0.2, -0.15) is 0 Å². The van der Waals surface area contributed by atoms with Crippen molar-refractivity contribution in [1.82, 2.24) is 4.90 Å². The third-order valence-corrected chi connectivity index (χ3v) is 4.88. The predicted molar refractivity (Wildman–Crippen MR) is 81.9 cm³/mol. The minimum absolute atomic E-state index is 0.841. The normalized spacial score (nSPS) is 23.7. The summed E-state index contributed by atoms with van der Waals surface area (Å²) in [6.07, 6.45) is 7.12. The van der Waals surface area contributed by atoms with Crippen molar-refractivity contribution in [3.05, 3.63) is 0 Å². The molecule has 1 nitrogen and oxygen atoms in total. The van der Waals surface area contributed by atoms with Gasteiger partial charge in [0.15, 0.2) is 0 Å². The van der Waals surface area contributed by atoms with Gasteiger partial charge in [-0.15, -0.1) is 0 Å². The van der Waals surface area contributed by atoms with E-state index in [4.69, 9.17) is 0 Å². The average molecular weight is 253 g/mol. The van der Waals surface area contributed by atoms with Gasteiger partial charge in [-0.25, -0.2) is 0 Å². The van der Waals surface area contributed by atoms with Crippen LogP contribution >= 0.6 is 0 Å². The van der Waals surface area contributed by atoms with Gasteiger partial charge in [0.05, 0.1) is 0 Å². The molecule has 0 bridgehead atoms. The van der Waals surface area contributed by atoms with E-state index >= 15 is 0 Å². The number of hydrogen-bond donors (Lipinski definition) is 0. The van der Waals surface area contributed by atoms with Crippen LogP contribution in [0.1, 0.15) is 66.7 Å². The van der Waals surface area contributed by atoms with E-state index < -0.39 is 0 Å². The Hall–Kier alpha value is -0.0400.